The molecule has 26 heavy (non-hydrogen) atoms. The molecular weight excluding hydrogens is 724 g/mol. The standard InChI is InChI=1S/C18H12Br6N2/c19-12-10-6-18(24,9-4-2-1-3-5-9)17(7-25,8-26)11(10)13(20)15(22)16(23)14(12)21/h1-6,11-16H. The summed E-state index contributed by atoms with van der Waals surface area (Å²) in [5, 5.41) is 20.5. The number of benzene rings is 1. The summed E-state index contributed by atoms with van der Waals surface area (Å²) in [5.41, 5.74) is 0.652. The highest BCUT2D eigenvalue weighted by molar-refractivity contribution is 9.15. The van der Waals surface area contributed by atoms with E-state index < -0.39 is 9.74 Å². The molecule has 0 bridgehead atoms. The molecule has 0 radical (unpaired) electrons. The molecule has 8 heteroatoms. The molecule has 2 aliphatic carbocycles. The Balaban J connectivity index is 2.30. The van der Waals surface area contributed by atoms with Crippen LogP contribution in [0.1, 0.15) is 5.56 Å². The first-order valence-electron chi connectivity index (χ1n) is 7.75. The lowest BCUT2D eigenvalue weighted by Gasteiger charge is -2.38. The first-order chi connectivity index (χ1) is 12.2. The Morgan fingerprint density at radius 2 is 1.35 bits per heavy atom. The third-order valence-electron chi connectivity index (χ3n) is 5.14. The maximum absolute atomic E-state index is 10.3. The van der Waals surface area contributed by atoms with Gasteiger partial charge in [-0.2, -0.15) is 10.5 Å². The molecule has 0 heterocycles. The lowest BCUT2D eigenvalue weighted by atomic mass is 9.68. The van der Waals surface area contributed by atoms with Gasteiger partial charge in [0.25, 0.3) is 0 Å². The minimum absolute atomic E-state index is 0.0227. The fraction of sp³-hybridized carbons (Fsp3) is 0.444. The van der Waals surface area contributed by atoms with Gasteiger partial charge in [0.05, 0.1) is 12.1 Å². The van der Waals surface area contributed by atoms with Gasteiger partial charge in [-0.3, -0.25) is 0 Å². The second-order valence-corrected chi connectivity index (χ2v) is 12.9. The Labute approximate surface area is 203 Å². The van der Waals surface area contributed by atoms with Crippen LogP contribution in [-0.4, -0.2) is 24.1 Å². The highest BCUT2D eigenvalue weighted by atomic mass is 79.9. The average molecular weight is 736 g/mol. The minimum atomic E-state index is -1.29. The SMILES string of the molecule is N#CC1(C#N)C2C(=CC1(Br)c1ccccc1)C(Br)C(Br)C(Br)C(Br)C2Br. The summed E-state index contributed by atoms with van der Waals surface area (Å²) in [5.74, 6) is -0.298. The van der Waals surface area contributed by atoms with Gasteiger partial charge >= 0.3 is 0 Å². The highest BCUT2D eigenvalue weighted by Gasteiger charge is 2.66. The van der Waals surface area contributed by atoms with Crippen LogP contribution in [0.4, 0.5) is 0 Å². The summed E-state index contributed by atoms with van der Waals surface area (Å²) >= 11 is 22.7. The van der Waals surface area contributed by atoms with Crippen LogP contribution in [-0.2, 0) is 4.32 Å². The number of nitrogens with zero attached hydrogens (tertiary/aromatic N) is 2. The summed E-state index contributed by atoms with van der Waals surface area (Å²) in [4.78, 5) is 0.0875. The molecule has 0 aromatic heterocycles. The van der Waals surface area contributed by atoms with Gasteiger partial charge in [0, 0.05) is 30.1 Å². The Morgan fingerprint density at radius 3 is 1.88 bits per heavy atom. The summed E-state index contributed by atoms with van der Waals surface area (Å²) in [6.45, 7) is 0. The second kappa shape index (κ2) is 7.92. The van der Waals surface area contributed by atoms with Gasteiger partial charge in [0.1, 0.15) is 4.32 Å². The molecule has 136 valence electrons. The maximum Gasteiger partial charge on any atom is 0.174 e. The van der Waals surface area contributed by atoms with E-state index in [1.807, 2.05) is 30.3 Å². The average Bonchev–Trinajstić information content (AvgIpc) is 2.92. The molecule has 0 aliphatic heterocycles. The fourth-order valence-electron chi connectivity index (χ4n) is 3.78. The maximum atomic E-state index is 10.3. The molecule has 0 saturated heterocycles. The number of halogens is 6. The van der Waals surface area contributed by atoms with Gasteiger partial charge in [-0.15, -0.1) is 0 Å². The molecule has 7 unspecified atom stereocenters. The van der Waals surface area contributed by atoms with Gasteiger partial charge in [-0.25, -0.2) is 0 Å². The summed E-state index contributed by atoms with van der Waals surface area (Å²) in [6, 6.07) is 14.5. The van der Waals surface area contributed by atoms with Crippen molar-refractivity contribution in [3.63, 3.8) is 0 Å². The van der Waals surface area contributed by atoms with Crippen molar-refractivity contribution in [2.45, 2.75) is 28.5 Å². The van der Waals surface area contributed by atoms with Crippen LogP contribution >= 0.6 is 95.6 Å². The zero-order chi connectivity index (χ0) is 19.3. The van der Waals surface area contributed by atoms with Gasteiger partial charge in [0.15, 0.2) is 5.41 Å². The highest BCUT2D eigenvalue weighted by Crippen LogP contribution is 2.64. The van der Waals surface area contributed by atoms with E-state index in [2.05, 4.69) is 114 Å². The van der Waals surface area contributed by atoms with Gasteiger partial charge in [-0.1, -0.05) is 138 Å². The normalized spacial score (nSPS) is 41.3. The van der Waals surface area contributed by atoms with Crippen molar-refractivity contribution >= 4 is 95.6 Å². The molecule has 0 amide bonds. The Morgan fingerprint density at radius 1 is 0.808 bits per heavy atom. The van der Waals surface area contributed by atoms with Crippen LogP contribution < -0.4 is 0 Å². The van der Waals surface area contributed by atoms with E-state index in [-0.39, 0.29) is 30.1 Å². The number of allylic oxidation sites excluding steroid dienone is 2. The van der Waals surface area contributed by atoms with Gasteiger partial charge < -0.3 is 0 Å². The first kappa shape index (κ1) is 21.5. The summed E-state index contributed by atoms with van der Waals surface area (Å²) in [6.07, 6.45) is 2.06. The number of fused-ring (bicyclic) bond motifs is 1. The number of nitriles is 2. The first-order valence-corrected chi connectivity index (χ1v) is 13.1. The zero-order valence-electron chi connectivity index (χ0n) is 13.1. The third kappa shape index (κ3) is 2.97. The molecule has 3 rings (SSSR count). The number of hydrogen-bond donors (Lipinski definition) is 0. The fourth-order valence-corrected chi connectivity index (χ4v) is 9.64. The van der Waals surface area contributed by atoms with Crippen molar-refractivity contribution in [1.82, 2.24) is 0 Å². The van der Waals surface area contributed by atoms with Crippen LogP contribution in [0.2, 0.25) is 0 Å². The Bertz CT molecular complexity index is 799. The predicted molar refractivity (Wildman–Crippen MR) is 126 cm³/mol. The molecule has 2 nitrogen and oxygen atoms in total. The monoisotopic (exact) mass is 730 g/mol. The van der Waals surface area contributed by atoms with Crippen LogP contribution in [0.15, 0.2) is 42.0 Å². The predicted octanol–water partition coefficient (Wildman–Crippen LogP) is 6.70. The van der Waals surface area contributed by atoms with E-state index in [1.165, 1.54) is 0 Å². The lowest BCUT2D eigenvalue weighted by molar-refractivity contribution is 0.339. The molecule has 1 aromatic rings. The third-order valence-corrected chi connectivity index (χ3v) is 14.9. The summed E-state index contributed by atoms with van der Waals surface area (Å²) < 4.78 is -0.888. The minimum Gasteiger partial charge on any atom is -0.196 e. The molecule has 1 fully saturated rings. The quantitative estimate of drug-likeness (QED) is 0.238. The van der Waals surface area contributed by atoms with E-state index >= 15 is 0 Å². The van der Waals surface area contributed by atoms with Crippen LogP contribution in [0.3, 0.4) is 0 Å². The second-order valence-electron chi connectivity index (χ2n) is 6.41. The molecule has 7 atom stereocenters. The van der Waals surface area contributed by atoms with E-state index in [0.717, 1.165) is 11.1 Å². The summed E-state index contributed by atoms with van der Waals surface area (Å²) in [7, 11) is 0. The van der Waals surface area contributed by atoms with Crippen LogP contribution in [0, 0.1) is 34.0 Å². The van der Waals surface area contributed by atoms with Crippen molar-refractivity contribution < 1.29 is 0 Å². The van der Waals surface area contributed by atoms with E-state index in [9.17, 15) is 10.5 Å². The van der Waals surface area contributed by atoms with Crippen molar-refractivity contribution in [1.29, 1.82) is 10.5 Å². The van der Waals surface area contributed by atoms with E-state index in [0.29, 0.717) is 0 Å². The zero-order valence-corrected chi connectivity index (χ0v) is 22.6. The molecular formula is C18H12Br6N2. The van der Waals surface area contributed by atoms with Crippen LogP contribution in [0.25, 0.3) is 0 Å². The Kier molecular flexibility index (Phi) is 6.56. The van der Waals surface area contributed by atoms with E-state index in [1.54, 1.807) is 0 Å². The van der Waals surface area contributed by atoms with Crippen molar-refractivity contribution in [3.05, 3.63) is 47.5 Å². The number of alkyl halides is 6. The molecule has 0 spiro atoms. The van der Waals surface area contributed by atoms with Crippen molar-refractivity contribution in [2.75, 3.05) is 0 Å². The van der Waals surface area contributed by atoms with Crippen molar-refractivity contribution in [3.8, 4) is 12.1 Å². The smallest absolute Gasteiger partial charge is 0.174 e. The van der Waals surface area contributed by atoms with Gasteiger partial charge in [-0.05, 0) is 5.56 Å². The van der Waals surface area contributed by atoms with Crippen molar-refractivity contribution in [2.24, 2.45) is 11.3 Å². The largest absolute Gasteiger partial charge is 0.196 e. The molecule has 2 aliphatic rings. The van der Waals surface area contributed by atoms with E-state index in [4.69, 9.17) is 0 Å². The number of rotatable bonds is 1. The molecule has 1 aromatic carbocycles. The molecule has 1 saturated carbocycles. The lowest BCUT2D eigenvalue weighted by Crippen LogP contribution is -2.45. The Hall–Kier alpha value is 0.820. The van der Waals surface area contributed by atoms with Gasteiger partial charge in [0.2, 0.25) is 0 Å². The topological polar surface area (TPSA) is 47.6 Å². The van der Waals surface area contributed by atoms with Crippen LogP contribution in [0.5, 0.6) is 0 Å². The number of hydrogen-bond acceptors (Lipinski definition) is 2. The molecule has 0 N–H and O–H groups in total.